The molecule has 0 heterocycles. The average molecular weight is 709 g/mol. The third kappa shape index (κ3) is 14.0. The molecule has 2 aromatic carbocycles. The summed E-state index contributed by atoms with van der Waals surface area (Å²) in [6.45, 7) is 22.7. The fourth-order valence-electron chi connectivity index (χ4n) is 6.12. The first-order valence-corrected chi connectivity index (χ1v) is 18.5. The zero-order valence-corrected chi connectivity index (χ0v) is 32.9. The molecular formula is C41H64N4O6. The van der Waals surface area contributed by atoms with Crippen molar-refractivity contribution in [3.8, 4) is 0 Å². The van der Waals surface area contributed by atoms with Crippen molar-refractivity contribution in [2.45, 2.75) is 139 Å². The van der Waals surface area contributed by atoms with Crippen LogP contribution in [0, 0.1) is 52.4 Å². The van der Waals surface area contributed by atoms with E-state index in [4.69, 9.17) is 4.74 Å². The van der Waals surface area contributed by atoms with Crippen molar-refractivity contribution in [1.29, 1.82) is 0 Å². The molecule has 0 aliphatic rings. The molecule has 0 saturated heterocycles. The number of hydrogen-bond acceptors (Lipinski definition) is 6. The Bertz CT molecular complexity index is 1430. The topological polar surface area (TPSA) is 146 Å². The maximum Gasteiger partial charge on any atom is 0.408 e. The molecule has 0 saturated carbocycles. The predicted molar refractivity (Wildman–Crippen MR) is 203 cm³/mol. The van der Waals surface area contributed by atoms with Crippen LogP contribution in [0.25, 0.3) is 0 Å². The van der Waals surface area contributed by atoms with Gasteiger partial charge in [0.15, 0.2) is 0 Å². The van der Waals surface area contributed by atoms with E-state index in [0.717, 1.165) is 39.8 Å². The smallest absolute Gasteiger partial charge is 0.408 e. The number of aliphatic hydroxyl groups excluding tert-OH is 1. The third-order valence-electron chi connectivity index (χ3n) is 9.98. The van der Waals surface area contributed by atoms with Gasteiger partial charge in [-0.05, 0) is 104 Å². The van der Waals surface area contributed by atoms with Gasteiger partial charge in [0.25, 0.3) is 0 Å². The van der Waals surface area contributed by atoms with Crippen LogP contribution < -0.4 is 21.3 Å². The summed E-state index contributed by atoms with van der Waals surface area (Å²) >= 11 is 0. The molecule has 0 fully saturated rings. The summed E-state index contributed by atoms with van der Waals surface area (Å²) in [5.41, 5.74) is 7.29. The minimum absolute atomic E-state index is 0.0370. The standard InChI is InChI=1S/C41H64N4O6/c1-12-26(6)22-42-38(47)21-37(46)34(18-24(2)3)43-39(48)35(19-25(4)5)44-40(49)36(45-41(50)51-23-32-16-14-13-15-17-32)20-33-30(10)28(8)27(7)29(9)31(33)11/h13-17,24-26,34-37,46H,12,18-23H2,1-11H3,(H,42,47)(H,43,48)(H,44,49)(H,45,50)/t26?,34?,35-,36-,37?/m0/s1. The van der Waals surface area contributed by atoms with Crippen molar-refractivity contribution in [2.75, 3.05) is 6.54 Å². The first-order valence-electron chi connectivity index (χ1n) is 18.5. The number of alkyl carbamates (subject to hydrolysis) is 1. The molecule has 0 aliphatic heterocycles. The minimum Gasteiger partial charge on any atom is -0.445 e. The van der Waals surface area contributed by atoms with Crippen LogP contribution in [0.15, 0.2) is 30.3 Å². The normalized spacial score (nSPS) is 14.3. The van der Waals surface area contributed by atoms with Crippen LogP contribution in [-0.2, 0) is 32.1 Å². The van der Waals surface area contributed by atoms with Gasteiger partial charge in [-0.15, -0.1) is 0 Å². The van der Waals surface area contributed by atoms with Gasteiger partial charge in [-0.25, -0.2) is 4.79 Å². The molecule has 2 aromatic rings. The highest BCUT2D eigenvalue weighted by atomic mass is 16.5. The van der Waals surface area contributed by atoms with Crippen LogP contribution in [0.1, 0.15) is 106 Å². The monoisotopic (exact) mass is 708 g/mol. The van der Waals surface area contributed by atoms with Crippen molar-refractivity contribution in [1.82, 2.24) is 21.3 Å². The molecule has 0 radical (unpaired) electrons. The molecule has 10 nitrogen and oxygen atoms in total. The minimum atomic E-state index is -1.11. The van der Waals surface area contributed by atoms with Crippen LogP contribution >= 0.6 is 0 Å². The highest BCUT2D eigenvalue weighted by Gasteiger charge is 2.32. The summed E-state index contributed by atoms with van der Waals surface area (Å²) in [5.74, 6) is -0.787. The van der Waals surface area contributed by atoms with E-state index in [2.05, 4.69) is 49.0 Å². The molecule has 5 N–H and O–H groups in total. The van der Waals surface area contributed by atoms with E-state index in [-0.39, 0.29) is 37.2 Å². The molecule has 0 aliphatic carbocycles. The van der Waals surface area contributed by atoms with Gasteiger partial charge in [-0.2, -0.15) is 0 Å². The van der Waals surface area contributed by atoms with E-state index in [1.807, 2.05) is 78.8 Å². The first-order chi connectivity index (χ1) is 23.9. The largest absolute Gasteiger partial charge is 0.445 e. The highest BCUT2D eigenvalue weighted by molar-refractivity contribution is 5.91. The number of aliphatic hydroxyl groups is 1. The Hall–Kier alpha value is -3.92. The number of rotatable bonds is 19. The number of amides is 4. The van der Waals surface area contributed by atoms with E-state index in [9.17, 15) is 24.3 Å². The molecule has 51 heavy (non-hydrogen) atoms. The second-order valence-electron chi connectivity index (χ2n) is 15.1. The molecule has 10 heteroatoms. The van der Waals surface area contributed by atoms with Crippen molar-refractivity contribution >= 4 is 23.8 Å². The van der Waals surface area contributed by atoms with Crippen LogP contribution in [0.5, 0.6) is 0 Å². The van der Waals surface area contributed by atoms with Gasteiger partial charge < -0.3 is 31.1 Å². The lowest BCUT2D eigenvalue weighted by Crippen LogP contribution is -2.57. The van der Waals surface area contributed by atoms with Crippen molar-refractivity contribution in [3.63, 3.8) is 0 Å². The second kappa shape index (κ2) is 20.8. The number of nitrogens with one attached hydrogen (secondary N) is 4. The van der Waals surface area contributed by atoms with Crippen molar-refractivity contribution in [3.05, 3.63) is 69.3 Å². The van der Waals surface area contributed by atoms with Crippen LogP contribution in [0.3, 0.4) is 0 Å². The average Bonchev–Trinajstić information content (AvgIpc) is 3.08. The van der Waals surface area contributed by atoms with Gasteiger partial charge in [0.05, 0.1) is 18.6 Å². The fourth-order valence-corrected chi connectivity index (χ4v) is 6.12. The van der Waals surface area contributed by atoms with Crippen molar-refractivity contribution in [2.24, 2.45) is 17.8 Å². The van der Waals surface area contributed by atoms with E-state index >= 15 is 0 Å². The van der Waals surface area contributed by atoms with Gasteiger partial charge >= 0.3 is 6.09 Å². The fraction of sp³-hybridized carbons (Fsp3) is 0.610. The van der Waals surface area contributed by atoms with Gasteiger partial charge in [0.1, 0.15) is 18.7 Å². The lowest BCUT2D eigenvalue weighted by molar-refractivity contribution is -0.131. The van der Waals surface area contributed by atoms with Gasteiger partial charge in [-0.3, -0.25) is 14.4 Å². The SMILES string of the molecule is CCC(C)CNC(=O)CC(O)C(CC(C)C)NC(=O)[C@H](CC(C)C)NC(=O)[C@H](Cc1c(C)c(C)c(C)c(C)c1C)NC(=O)OCc1ccccc1. The molecule has 0 bridgehead atoms. The lowest BCUT2D eigenvalue weighted by Gasteiger charge is -2.30. The molecule has 0 aromatic heterocycles. The number of ether oxygens (including phenoxy) is 1. The summed E-state index contributed by atoms with van der Waals surface area (Å²) in [5, 5.41) is 22.6. The quantitative estimate of drug-likeness (QED) is 0.120. The van der Waals surface area contributed by atoms with Gasteiger partial charge in [0.2, 0.25) is 17.7 Å². The third-order valence-corrected chi connectivity index (χ3v) is 9.98. The van der Waals surface area contributed by atoms with E-state index < -0.39 is 42.1 Å². The number of benzene rings is 2. The Balaban J connectivity index is 2.35. The Morgan fingerprint density at radius 2 is 1.27 bits per heavy atom. The number of carbonyl (C=O) groups is 4. The predicted octanol–water partition coefficient (Wildman–Crippen LogP) is 6.04. The zero-order chi connectivity index (χ0) is 38.4. The maximum atomic E-state index is 14.1. The maximum absolute atomic E-state index is 14.1. The van der Waals surface area contributed by atoms with Crippen LogP contribution in [0.2, 0.25) is 0 Å². The Labute approximate surface area is 306 Å². The Morgan fingerprint density at radius 3 is 1.82 bits per heavy atom. The molecule has 5 atom stereocenters. The molecule has 3 unspecified atom stereocenters. The zero-order valence-electron chi connectivity index (χ0n) is 32.9. The van der Waals surface area contributed by atoms with E-state index in [0.29, 0.717) is 25.3 Å². The number of carbonyl (C=O) groups excluding carboxylic acids is 4. The van der Waals surface area contributed by atoms with Crippen molar-refractivity contribution < 1.29 is 29.0 Å². The second-order valence-corrected chi connectivity index (χ2v) is 15.1. The van der Waals surface area contributed by atoms with E-state index in [1.165, 1.54) is 5.56 Å². The molecule has 284 valence electrons. The highest BCUT2D eigenvalue weighted by Crippen LogP contribution is 2.27. The molecular weight excluding hydrogens is 644 g/mol. The summed E-state index contributed by atoms with van der Waals surface area (Å²) in [6.07, 6.45) is -0.127. The van der Waals surface area contributed by atoms with Gasteiger partial charge in [0, 0.05) is 13.0 Å². The Morgan fingerprint density at radius 1 is 0.725 bits per heavy atom. The summed E-state index contributed by atoms with van der Waals surface area (Å²) in [7, 11) is 0. The molecule has 4 amide bonds. The first kappa shape index (κ1) is 43.2. The molecule has 2 rings (SSSR count). The van der Waals surface area contributed by atoms with Crippen LogP contribution in [0.4, 0.5) is 4.79 Å². The van der Waals surface area contributed by atoms with Gasteiger partial charge in [-0.1, -0.05) is 78.3 Å². The van der Waals surface area contributed by atoms with E-state index in [1.54, 1.807) is 0 Å². The summed E-state index contributed by atoms with van der Waals surface area (Å²) < 4.78 is 5.50. The molecule has 0 spiro atoms. The lowest BCUT2D eigenvalue weighted by atomic mass is 9.86. The number of hydrogen-bond donors (Lipinski definition) is 5. The Kier molecular flexibility index (Phi) is 17.6. The summed E-state index contributed by atoms with van der Waals surface area (Å²) in [4.78, 5) is 53.8. The van der Waals surface area contributed by atoms with Crippen LogP contribution in [-0.4, -0.2) is 59.7 Å². The summed E-state index contributed by atoms with van der Waals surface area (Å²) in [6, 6.07) is 6.58.